The van der Waals surface area contributed by atoms with E-state index in [1.54, 1.807) is 6.20 Å². The summed E-state index contributed by atoms with van der Waals surface area (Å²) >= 11 is 0. The Morgan fingerprint density at radius 3 is 2.33 bits per heavy atom. The Labute approximate surface area is 144 Å². The number of likely N-dealkylation sites (N-methyl/N-ethyl adjacent to an activating group) is 1. The van der Waals surface area contributed by atoms with Gasteiger partial charge in [0.1, 0.15) is 0 Å². The van der Waals surface area contributed by atoms with E-state index in [0.29, 0.717) is 17.0 Å². The molecule has 0 aromatic carbocycles. The standard InChI is InChI=1S/C19H30N4O/c1-6-15(7-2)17-16(12-21-18(17)13(3)20)19(24)14(4)23-10-8-22(5)9-11-23/h12,21H,4,6-11,20H2,1-3,5H3/b18-13-. The third kappa shape index (κ3) is 3.56. The van der Waals surface area contributed by atoms with E-state index in [4.69, 9.17) is 5.73 Å². The molecule has 1 aliphatic rings. The first-order valence-corrected chi connectivity index (χ1v) is 8.73. The van der Waals surface area contributed by atoms with Crippen molar-refractivity contribution in [3.63, 3.8) is 0 Å². The van der Waals surface area contributed by atoms with Crippen LogP contribution in [0.15, 0.2) is 18.5 Å². The molecule has 0 aliphatic carbocycles. The lowest BCUT2D eigenvalue weighted by molar-refractivity contribution is 0.0963. The maximum Gasteiger partial charge on any atom is 0.210 e. The summed E-state index contributed by atoms with van der Waals surface area (Å²) in [4.78, 5) is 20.6. The lowest BCUT2D eigenvalue weighted by atomic mass is 10.0. The summed E-state index contributed by atoms with van der Waals surface area (Å²) in [6.07, 6.45) is 3.59. The molecule has 1 aromatic heterocycles. The highest BCUT2D eigenvalue weighted by Gasteiger charge is 2.22. The molecule has 1 fully saturated rings. The van der Waals surface area contributed by atoms with Crippen molar-refractivity contribution in [3.05, 3.63) is 34.6 Å². The van der Waals surface area contributed by atoms with E-state index < -0.39 is 0 Å². The second kappa shape index (κ2) is 7.71. The number of H-pyrrole nitrogens is 1. The summed E-state index contributed by atoms with van der Waals surface area (Å²) in [6, 6.07) is 0. The van der Waals surface area contributed by atoms with E-state index in [-0.39, 0.29) is 5.78 Å². The molecule has 0 unspecified atom stereocenters. The lowest BCUT2D eigenvalue weighted by Crippen LogP contribution is -2.45. The fourth-order valence-electron chi connectivity index (χ4n) is 3.26. The van der Waals surface area contributed by atoms with Gasteiger partial charge in [0.05, 0.1) is 11.0 Å². The molecule has 1 aliphatic heterocycles. The van der Waals surface area contributed by atoms with Crippen LogP contribution in [-0.4, -0.2) is 53.8 Å². The Balaban J connectivity index is 2.46. The molecule has 3 N–H and O–H groups in total. The zero-order valence-corrected chi connectivity index (χ0v) is 15.4. The Kier molecular flexibility index (Phi) is 5.89. The zero-order valence-electron chi connectivity index (χ0n) is 15.4. The Hall–Kier alpha value is -2.01. The summed E-state index contributed by atoms with van der Waals surface area (Å²) in [5.41, 5.74) is 9.25. The number of allylic oxidation sites excluding steroid dienone is 1. The van der Waals surface area contributed by atoms with Crippen LogP contribution in [-0.2, 0) is 0 Å². The molecule has 5 heteroatoms. The summed E-state index contributed by atoms with van der Waals surface area (Å²) < 4.78 is 0. The maximum atomic E-state index is 13.1. The minimum Gasteiger partial charge on any atom is -0.401 e. The number of hydrogen-bond acceptors (Lipinski definition) is 4. The molecule has 0 atom stereocenters. The van der Waals surface area contributed by atoms with Crippen LogP contribution in [0.5, 0.6) is 0 Å². The van der Waals surface area contributed by atoms with Crippen molar-refractivity contribution >= 4 is 17.1 Å². The number of Topliss-reactive ketones (excluding diaryl/α,β-unsaturated/α-hetero) is 1. The fourth-order valence-corrected chi connectivity index (χ4v) is 3.26. The number of carbonyl (C=O) groups is 1. The summed E-state index contributed by atoms with van der Waals surface area (Å²) in [5.74, 6) is -0.00213. The second-order valence-corrected chi connectivity index (χ2v) is 6.51. The van der Waals surface area contributed by atoms with Crippen molar-refractivity contribution in [2.75, 3.05) is 33.2 Å². The van der Waals surface area contributed by atoms with Gasteiger partial charge in [-0.05, 0) is 26.8 Å². The number of aromatic amines is 1. The highest BCUT2D eigenvalue weighted by atomic mass is 16.1. The Morgan fingerprint density at radius 2 is 1.83 bits per heavy atom. The SMILES string of the molecule is C=C(C(=O)c1c[nH]/c(=C(/C)N)c1=C(CC)CC)N1CCN(C)CC1. The van der Waals surface area contributed by atoms with Gasteiger partial charge in [-0.25, -0.2) is 0 Å². The van der Waals surface area contributed by atoms with E-state index in [2.05, 4.69) is 42.3 Å². The smallest absolute Gasteiger partial charge is 0.210 e. The first kappa shape index (κ1) is 18.3. The van der Waals surface area contributed by atoms with Gasteiger partial charge in [0.25, 0.3) is 0 Å². The molecule has 1 saturated heterocycles. The molecular weight excluding hydrogens is 300 g/mol. The number of ketones is 1. The minimum atomic E-state index is -0.00213. The molecule has 0 bridgehead atoms. The molecule has 0 saturated carbocycles. The quantitative estimate of drug-likeness (QED) is 0.625. The first-order valence-electron chi connectivity index (χ1n) is 8.73. The predicted molar refractivity (Wildman–Crippen MR) is 99.8 cm³/mol. The molecule has 5 nitrogen and oxygen atoms in total. The third-order valence-electron chi connectivity index (χ3n) is 4.87. The highest BCUT2D eigenvalue weighted by Crippen LogP contribution is 2.12. The molecule has 2 heterocycles. The van der Waals surface area contributed by atoms with Crippen molar-refractivity contribution in [1.82, 2.24) is 14.8 Å². The molecule has 132 valence electrons. The maximum absolute atomic E-state index is 13.1. The molecule has 24 heavy (non-hydrogen) atoms. The number of hydrogen-bond donors (Lipinski definition) is 2. The third-order valence-corrected chi connectivity index (χ3v) is 4.87. The van der Waals surface area contributed by atoms with Crippen LogP contribution < -0.4 is 16.3 Å². The average molecular weight is 330 g/mol. The molecular formula is C19H30N4O. The highest BCUT2D eigenvalue weighted by molar-refractivity contribution is 6.08. The van der Waals surface area contributed by atoms with Gasteiger partial charge in [0.15, 0.2) is 0 Å². The number of rotatable bonds is 5. The number of carbonyl (C=O) groups excluding carboxylic acids is 1. The van der Waals surface area contributed by atoms with Crippen LogP contribution in [0.4, 0.5) is 0 Å². The average Bonchev–Trinajstić information content (AvgIpc) is 3.00. The normalized spacial score (nSPS) is 16.9. The van der Waals surface area contributed by atoms with Crippen LogP contribution in [0.2, 0.25) is 0 Å². The van der Waals surface area contributed by atoms with Crippen LogP contribution in [0.1, 0.15) is 44.0 Å². The summed E-state index contributed by atoms with van der Waals surface area (Å²) in [5, 5.41) is 1.84. The Bertz CT molecular complexity index is 726. The van der Waals surface area contributed by atoms with Crippen molar-refractivity contribution < 1.29 is 4.79 Å². The summed E-state index contributed by atoms with van der Waals surface area (Å²) in [7, 11) is 2.10. The number of aromatic nitrogens is 1. The van der Waals surface area contributed by atoms with Gasteiger partial charge in [-0.2, -0.15) is 0 Å². The topological polar surface area (TPSA) is 65.4 Å². The lowest BCUT2D eigenvalue weighted by Gasteiger charge is -2.34. The van der Waals surface area contributed by atoms with Gasteiger partial charge in [-0.15, -0.1) is 0 Å². The first-order chi connectivity index (χ1) is 11.4. The van der Waals surface area contributed by atoms with Crippen LogP contribution in [0.25, 0.3) is 11.3 Å². The number of nitrogens with two attached hydrogens (primary N) is 1. The predicted octanol–water partition coefficient (Wildman–Crippen LogP) is 1.02. The molecule has 1 aromatic rings. The van der Waals surface area contributed by atoms with E-state index in [1.807, 2.05) is 6.92 Å². The van der Waals surface area contributed by atoms with E-state index in [9.17, 15) is 4.79 Å². The number of piperazine rings is 1. The molecule has 0 radical (unpaired) electrons. The van der Waals surface area contributed by atoms with Crippen LogP contribution in [0.3, 0.4) is 0 Å². The van der Waals surface area contributed by atoms with E-state index >= 15 is 0 Å². The molecule has 2 rings (SSSR count). The van der Waals surface area contributed by atoms with Gasteiger partial charge in [-0.3, -0.25) is 4.79 Å². The van der Waals surface area contributed by atoms with Crippen molar-refractivity contribution in [1.29, 1.82) is 0 Å². The van der Waals surface area contributed by atoms with Gasteiger partial charge >= 0.3 is 0 Å². The molecule has 0 amide bonds. The number of nitrogens with one attached hydrogen (secondary N) is 1. The van der Waals surface area contributed by atoms with Crippen molar-refractivity contribution in [2.45, 2.75) is 33.6 Å². The van der Waals surface area contributed by atoms with Gasteiger partial charge in [-0.1, -0.05) is 26.0 Å². The zero-order chi connectivity index (χ0) is 17.9. The monoisotopic (exact) mass is 330 g/mol. The van der Waals surface area contributed by atoms with Crippen LogP contribution in [0, 0.1) is 0 Å². The minimum absolute atomic E-state index is 0.00213. The van der Waals surface area contributed by atoms with Crippen molar-refractivity contribution in [2.24, 2.45) is 5.73 Å². The van der Waals surface area contributed by atoms with E-state index in [1.165, 1.54) is 5.57 Å². The summed E-state index contributed by atoms with van der Waals surface area (Å²) in [6.45, 7) is 13.8. The molecule has 0 spiro atoms. The van der Waals surface area contributed by atoms with E-state index in [0.717, 1.165) is 49.6 Å². The van der Waals surface area contributed by atoms with Gasteiger partial charge in [0, 0.05) is 48.9 Å². The fraction of sp³-hybridized carbons (Fsp3) is 0.526. The van der Waals surface area contributed by atoms with Crippen molar-refractivity contribution in [3.8, 4) is 0 Å². The van der Waals surface area contributed by atoms with Gasteiger partial charge in [0.2, 0.25) is 5.78 Å². The second-order valence-electron chi connectivity index (χ2n) is 6.51. The number of nitrogens with zero attached hydrogens (tertiary/aromatic N) is 2. The largest absolute Gasteiger partial charge is 0.401 e. The van der Waals surface area contributed by atoms with Gasteiger partial charge < -0.3 is 20.5 Å². The Morgan fingerprint density at radius 1 is 1.25 bits per heavy atom. The van der Waals surface area contributed by atoms with Crippen LogP contribution >= 0.6 is 0 Å².